The zero-order chi connectivity index (χ0) is 29.4. The summed E-state index contributed by atoms with van der Waals surface area (Å²) in [6, 6.07) is 24.4. The highest BCUT2D eigenvalue weighted by molar-refractivity contribution is 7.07. The number of para-hydroxylation sites is 1. The fourth-order valence-electron chi connectivity index (χ4n) is 4.82. The largest absolute Gasteiger partial charge is 0.497 e. The van der Waals surface area contributed by atoms with Gasteiger partial charge in [0.1, 0.15) is 17.3 Å². The highest BCUT2D eigenvalue weighted by Crippen LogP contribution is 2.33. The number of carbonyl (C=O) groups is 1. The summed E-state index contributed by atoms with van der Waals surface area (Å²) in [5, 5.41) is 3.98. The van der Waals surface area contributed by atoms with Crippen LogP contribution < -0.4 is 24.9 Å². The predicted molar refractivity (Wildman–Crippen MR) is 166 cm³/mol. The van der Waals surface area contributed by atoms with E-state index >= 15 is 0 Å². The average molecular weight is 617 g/mol. The number of nitrogens with one attached hydrogen (secondary N) is 1. The number of ether oxygens (including phenoxy) is 1. The zero-order valence-corrected chi connectivity index (χ0v) is 24.8. The average Bonchev–Trinajstić information content (AvgIpc) is 3.58. The first-order valence-corrected chi connectivity index (χ1v) is 14.5. The Bertz CT molecular complexity index is 2030. The second-order valence-electron chi connectivity index (χ2n) is 9.50. The van der Waals surface area contributed by atoms with Gasteiger partial charge in [-0.15, -0.1) is 0 Å². The molecule has 10 heteroatoms. The van der Waals surface area contributed by atoms with Crippen molar-refractivity contribution in [2.24, 2.45) is 4.99 Å². The summed E-state index contributed by atoms with van der Waals surface area (Å²) in [6.45, 7) is 1.78. The third-order valence-corrected chi connectivity index (χ3v) is 8.37. The number of rotatable bonds is 6. The summed E-state index contributed by atoms with van der Waals surface area (Å²) >= 11 is 13.7. The van der Waals surface area contributed by atoms with Gasteiger partial charge in [-0.1, -0.05) is 64.9 Å². The fourth-order valence-corrected chi connectivity index (χ4v) is 6.23. The summed E-state index contributed by atoms with van der Waals surface area (Å²) in [5.41, 5.74) is 2.63. The lowest BCUT2D eigenvalue weighted by atomic mass is 9.95. The second kappa shape index (κ2) is 11.5. The molecule has 0 unspecified atom stereocenters. The number of hydrogen-bond donors (Lipinski definition) is 1. The quantitative estimate of drug-likeness (QED) is 0.238. The molecule has 3 aromatic carbocycles. The molecule has 0 fully saturated rings. The first-order valence-electron chi connectivity index (χ1n) is 12.9. The molecule has 6 rings (SSSR count). The van der Waals surface area contributed by atoms with Crippen LogP contribution in [0.5, 0.6) is 5.75 Å². The highest BCUT2D eigenvalue weighted by atomic mass is 35.5. The SMILES string of the molecule is COc1ccc([C@H]2C(C(=O)Nc3ccccc3)=C(C)N=c3s/c(=C/c4ccc(-c5cc(Cl)ccc5Cl)o4)c(=O)n32)cc1. The lowest BCUT2D eigenvalue weighted by Gasteiger charge is -2.25. The normalized spacial score (nSPS) is 14.9. The van der Waals surface area contributed by atoms with Gasteiger partial charge in [-0.25, -0.2) is 4.99 Å². The van der Waals surface area contributed by atoms with Gasteiger partial charge in [-0.05, 0) is 67.1 Å². The molecule has 0 radical (unpaired) electrons. The molecule has 0 aliphatic carbocycles. The topological polar surface area (TPSA) is 85.8 Å². The number of fused-ring (bicyclic) bond motifs is 1. The standard InChI is InChI=1S/C32H23Cl2N3O4S/c1-18-28(30(38)36-21-6-4-3-5-7-21)29(19-8-11-22(40-2)12-9-19)37-31(39)27(42-32(37)35-18)17-23-13-15-26(41-23)24-16-20(33)10-14-25(24)34/h3-17,29H,1-2H3,(H,36,38)/b27-17+/t29-/m0/s1. The monoisotopic (exact) mass is 615 g/mol. The highest BCUT2D eigenvalue weighted by Gasteiger charge is 2.32. The van der Waals surface area contributed by atoms with Crippen LogP contribution in [0.2, 0.25) is 10.0 Å². The molecule has 3 heterocycles. The third kappa shape index (κ3) is 5.32. The number of nitrogens with zero attached hydrogens (tertiary/aromatic N) is 2. The van der Waals surface area contributed by atoms with E-state index in [1.807, 2.05) is 30.3 Å². The van der Waals surface area contributed by atoms with E-state index in [0.29, 0.717) is 59.2 Å². The number of furan rings is 1. The van der Waals surface area contributed by atoms with Crippen LogP contribution in [0, 0.1) is 0 Å². The van der Waals surface area contributed by atoms with Gasteiger partial charge in [0, 0.05) is 22.3 Å². The van der Waals surface area contributed by atoms with Gasteiger partial charge in [-0.2, -0.15) is 0 Å². The van der Waals surface area contributed by atoms with Gasteiger partial charge < -0.3 is 14.5 Å². The zero-order valence-electron chi connectivity index (χ0n) is 22.4. The molecular weight excluding hydrogens is 593 g/mol. The van der Waals surface area contributed by atoms with Crippen molar-refractivity contribution in [3.8, 4) is 17.1 Å². The molecule has 1 aliphatic rings. The summed E-state index contributed by atoms with van der Waals surface area (Å²) in [7, 11) is 1.58. The van der Waals surface area contributed by atoms with E-state index in [1.165, 1.54) is 11.3 Å². The summed E-state index contributed by atoms with van der Waals surface area (Å²) in [5.74, 6) is 1.31. The third-order valence-electron chi connectivity index (χ3n) is 6.82. The van der Waals surface area contributed by atoms with E-state index in [0.717, 1.165) is 5.56 Å². The van der Waals surface area contributed by atoms with Crippen LogP contribution in [-0.4, -0.2) is 17.6 Å². The van der Waals surface area contributed by atoms with Crippen molar-refractivity contribution in [1.29, 1.82) is 0 Å². The van der Waals surface area contributed by atoms with Crippen LogP contribution in [-0.2, 0) is 4.79 Å². The van der Waals surface area contributed by atoms with Gasteiger partial charge in [0.25, 0.3) is 11.5 Å². The predicted octanol–water partition coefficient (Wildman–Crippen LogP) is 6.45. The van der Waals surface area contributed by atoms with Crippen molar-refractivity contribution >= 4 is 52.2 Å². The van der Waals surface area contributed by atoms with Crippen molar-refractivity contribution < 1.29 is 13.9 Å². The smallest absolute Gasteiger partial charge is 0.271 e. The first kappa shape index (κ1) is 27.8. The molecule has 5 aromatic rings. The van der Waals surface area contributed by atoms with Gasteiger partial charge in [0.15, 0.2) is 4.80 Å². The maximum Gasteiger partial charge on any atom is 0.271 e. The van der Waals surface area contributed by atoms with E-state index < -0.39 is 6.04 Å². The minimum atomic E-state index is -0.713. The van der Waals surface area contributed by atoms with E-state index in [9.17, 15) is 9.59 Å². The van der Waals surface area contributed by atoms with Crippen molar-refractivity contribution in [3.05, 3.63) is 137 Å². The Kier molecular flexibility index (Phi) is 7.60. The lowest BCUT2D eigenvalue weighted by Crippen LogP contribution is -2.40. The molecule has 1 aliphatic heterocycles. The van der Waals surface area contributed by atoms with Crippen LogP contribution in [0.4, 0.5) is 5.69 Å². The van der Waals surface area contributed by atoms with Crippen LogP contribution in [0.15, 0.2) is 110 Å². The Morgan fingerprint density at radius 1 is 1.05 bits per heavy atom. The number of allylic oxidation sites excluding steroid dienone is 1. The number of hydrogen-bond acceptors (Lipinski definition) is 6. The van der Waals surface area contributed by atoms with Gasteiger partial charge in [0.2, 0.25) is 0 Å². The second-order valence-corrected chi connectivity index (χ2v) is 11.4. The number of carbonyl (C=O) groups excluding carboxylic acids is 1. The number of benzene rings is 3. The van der Waals surface area contributed by atoms with Crippen molar-refractivity contribution in [2.75, 3.05) is 12.4 Å². The van der Waals surface area contributed by atoms with Crippen molar-refractivity contribution in [1.82, 2.24) is 4.57 Å². The maximum atomic E-state index is 14.0. The lowest BCUT2D eigenvalue weighted by molar-refractivity contribution is -0.113. The first-order chi connectivity index (χ1) is 20.3. The Morgan fingerprint density at radius 2 is 1.81 bits per heavy atom. The number of methoxy groups -OCH3 is 1. The van der Waals surface area contributed by atoms with Crippen LogP contribution in [0.1, 0.15) is 24.3 Å². The molecule has 1 N–H and O–H groups in total. The molecule has 42 heavy (non-hydrogen) atoms. The minimum absolute atomic E-state index is 0.296. The molecule has 1 amide bonds. The summed E-state index contributed by atoms with van der Waals surface area (Å²) in [6.07, 6.45) is 1.67. The molecule has 210 valence electrons. The van der Waals surface area contributed by atoms with Gasteiger partial charge >= 0.3 is 0 Å². The minimum Gasteiger partial charge on any atom is -0.497 e. The van der Waals surface area contributed by atoms with Crippen molar-refractivity contribution in [3.63, 3.8) is 0 Å². The van der Waals surface area contributed by atoms with Gasteiger partial charge in [0.05, 0.1) is 34.0 Å². The molecule has 1 atom stereocenters. The van der Waals surface area contributed by atoms with Crippen LogP contribution >= 0.6 is 34.5 Å². The number of halogens is 2. The molecule has 0 saturated heterocycles. The van der Waals surface area contributed by atoms with E-state index in [2.05, 4.69) is 10.3 Å². The molecule has 0 saturated carbocycles. The molecular formula is C32H23Cl2N3O4S. The van der Waals surface area contributed by atoms with Crippen LogP contribution in [0.3, 0.4) is 0 Å². The molecule has 0 bridgehead atoms. The van der Waals surface area contributed by atoms with Gasteiger partial charge in [-0.3, -0.25) is 14.2 Å². The number of anilines is 1. The number of thiazole rings is 1. The maximum absolute atomic E-state index is 14.0. The van der Waals surface area contributed by atoms with Crippen molar-refractivity contribution in [2.45, 2.75) is 13.0 Å². The molecule has 7 nitrogen and oxygen atoms in total. The van der Waals surface area contributed by atoms with E-state index in [1.54, 1.807) is 79.3 Å². The Labute approximate surface area is 254 Å². The van der Waals surface area contributed by atoms with E-state index in [-0.39, 0.29) is 11.5 Å². The summed E-state index contributed by atoms with van der Waals surface area (Å²) < 4.78 is 13.3. The summed E-state index contributed by atoms with van der Waals surface area (Å²) in [4.78, 5) is 32.8. The fraction of sp³-hybridized carbons (Fsp3) is 0.0938. The number of amides is 1. The Balaban J connectivity index is 1.45. The molecule has 2 aromatic heterocycles. The number of aromatic nitrogens is 1. The van der Waals surface area contributed by atoms with Crippen LogP contribution in [0.25, 0.3) is 17.4 Å². The Hall–Kier alpha value is -4.37. The molecule has 0 spiro atoms. The van der Waals surface area contributed by atoms with E-state index in [4.69, 9.17) is 32.4 Å². The Morgan fingerprint density at radius 3 is 2.55 bits per heavy atom.